The van der Waals surface area contributed by atoms with Gasteiger partial charge in [-0.2, -0.15) is 0 Å². The quantitative estimate of drug-likeness (QED) is 0.673. The second-order valence-corrected chi connectivity index (χ2v) is 4.25. The van der Waals surface area contributed by atoms with Gasteiger partial charge in [0.15, 0.2) is 5.58 Å². The van der Waals surface area contributed by atoms with Crippen molar-refractivity contribution in [3.8, 4) is 0 Å². The van der Waals surface area contributed by atoms with Gasteiger partial charge in [-0.1, -0.05) is 0 Å². The SMILES string of the molecule is CC(C)(C)n1c(N)cc2occc21. The van der Waals surface area contributed by atoms with Gasteiger partial charge in [-0.3, -0.25) is 0 Å². The Morgan fingerprint density at radius 3 is 2.69 bits per heavy atom. The van der Waals surface area contributed by atoms with Gasteiger partial charge >= 0.3 is 0 Å². The fraction of sp³-hybridized carbons (Fsp3) is 0.400. The van der Waals surface area contributed by atoms with Gasteiger partial charge in [-0.25, -0.2) is 0 Å². The first-order chi connectivity index (χ1) is 6.00. The summed E-state index contributed by atoms with van der Waals surface area (Å²) in [6.45, 7) is 6.36. The van der Waals surface area contributed by atoms with Crippen molar-refractivity contribution in [3.63, 3.8) is 0 Å². The molecule has 2 N–H and O–H groups in total. The second-order valence-electron chi connectivity index (χ2n) is 4.25. The number of hydrogen-bond donors (Lipinski definition) is 1. The Bertz CT molecular complexity index is 431. The molecule has 0 amide bonds. The molecule has 70 valence electrons. The van der Waals surface area contributed by atoms with E-state index in [1.807, 2.05) is 12.1 Å². The van der Waals surface area contributed by atoms with E-state index in [-0.39, 0.29) is 5.54 Å². The summed E-state index contributed by atoms with van der Waals surface area (Å²) < 4.78 is 7.35. The third kappa shape index (κ3) is 1.11. The maximum atomic E-state index is 5.89. The molecule has 0 unspecified atom stereocenters. The van der Waals surface area contributed by atoms with E-state index in [9.17, 15) is 0 Å². The van der Waals surface area contributed by atoms with Gasteiger partial charge in [0.05, 0.1) is 11.8 Å². The van der Waals surface area contributed by atoms with Crippen LogP contribution in [0.2, 0.25) is 0 Å². The maximum absolute atomic E-state index is 5.89. The number of furan rings is 1. The monoisotopic (exact) mass is 178 g/mol. The molecular formula is C10H14N2O. The Morgan fingerprint density at radius 2 is 2.08 bits per heavy atom. The summed E-state index contributed by atoms with van der Waals surface area (Å²) >= 11 is 0. The van der Waals surface area contributed by atoms with E-state index >= 15 is 0 Å². The molecule has 0 spiro atoms. The van der Waals surface area contributed by atoms with Gasteiger partial charge in [0.1, 0.15) is 5.82 Å². The number of aromatic nitrogens is 1. The van der Waals surface area contributed by atoms with Gasteiger partial charge in [-0.05, 0) is 20.8 Å². The zero-order valence-corrected chi connectivity index (χ0v) is 8.16. The van der Waals surface area contributed by atoms with E-state index in [2.05, 4.69) is 25.3 Å². The number of hydrogen-bond acceptors (Lipinski definition) is 2. The average Bonchev–Trinajstić information content (AvgIpc) is 2.41. The molecule has 0 saturated carbocycles. The highest BCUT2D eigenvalue weighted by Gasteiger charge is 2.19. The van der Waals surface area contributed by atoms with Crippen LogP contribution in [-0.4, -0.2) is 4.57 Å². The molecule has 0 aliphatic heterocycles. The first-order valence-electron chi connectivity index (χ1n) is 4.35. The van der Waals surface area contributed by atoms with Crippen LogP contribution in [0.15, 0.2) is 22.8 Å². The lowest BCUT2D eigenvalue weighted by atomic mass is 10.1. The molecule has 3 nitrogen and oxygen atoms in total. The van der Waals surface area contributed by atoms with Crippen LogP contribution in [0.4, 0.5) is 5.82 Å². The molecule has 2 aromatic heterocycles. The number of nitrogens with two attached hydrogens (primary N) is 1. The Morgan fingerprint density at radius 1 is 1.38 bits per heavy atom. The van der Waals surface area contributed by atoms with Crippen LogP contribution in [0.3, 0.4) is 0 Å². The van der Waals surface area contributed by atoms with Crippen molar-refractivity contribution < 1.29 is 4.42 Å². The molecule has 0 aromatic carbocycles. The minimum absolute atomic E-state index is 0.00426. The zero-order chi connectivity index (χ0) is 9.64. The number of rotatable bonds is 0. The first-order valence-corrected chi connectivity index (χ1v) is 4.35. The van der Waals surface area contributed by atoms with Crippen molar-refractivity contribution in [1.29, 1.82) is 0 Å². The van der Waals surface area contributed by atoms with E-state index in [1.54, 1.807) is 6.26 Å². The van der Waals surface area contributed by atoms with Crippen LogP contribution in [0.1, 0.15) is 20.8 Å². The van der Waals surface area contributed by atoms with E-state index in [0.29, 0.717) is 0 Å². The summed E-state index contributed by atoms with van der Waals surface area (Å²) in [6.07, 6.45) is 1.69. The average molecular weight is 178 g/mol. The summed E-state index contributed by atoms with van der Waals surface area (Å²) in [4.78, 5) is 0. The minimum Gasteiger partial charge on any atom is -0.463 e. The summed E-state index contributed by atoms with van der Waals surface area (Å²) in [5.74, 6) is 0.752. The van der Waals surface area contributed by atoms with E-state index in [0.717, 1.165) is 16.9 Å². The number of nitrogen functional groups attached to an aromatic ring is 1. The molecule has 0 radical (unpaired) electrons. The van der Waals surface area contributed by atoms with Gasteiger partial charge in [0.2, 0.25) is 0 Å². The van der Waals surface area contributed by atoms with Gasteiger partial charge < -0.3 is 14.7 Å². The third-order valence-electron chi connectivity index (χ3n) is 2.12. The molecule has 0 saturated heterocycles. The van der Waals surface area contributed by atoms with Crippen molar-refractivity contribution in [2.45, 2.75) is 26.3 Å². The zero-order valence-electron chi connectivity index (χ0n) is 8.16. The highest BCUT2D eigenvalue weighted by atomic mass is 16.3. The first kappa shape index (κ1) is 8.23. The molecule has 13 heavy (non-hydrogen) atoms. The molecule has 2 heterocycles. The largest absolute Gasteiger partial charge is 0.463 e. The highest BCUT2D eigenvalue weighted by Crippen LogP contribution is 2.29. The van der Waals surface area contributed by atoms with Crippen molar-refractivity contribution in [1.82, 2.24) is 4.57 Å². The van der Waals surface area contributed by atoms with Crippen LogP contribution >= 0.6 is 0 Å². The summed E-state index contributed by atoms with van der Waals surface area (Å²) in [6, 6.07) is 3.80. The molecule has 3 heteroatoms. The predicted octanol–water partition coefficient (Wildman–Crippen LogP) is 2.57. The molecular weight excluding hydrogens is 164 g/mol. The molecule has 0 aliphatic rings. The molecule has 0 bridgehead atoms. The molecule has 0 atom stereocenters. The topological polar surface area (TPSA) is 44.1 Å². The van der Waals surface area contributed by atoms with Gasteiger partial charge in [0, 0.05) is 17.7 Å². The number of fused-ring (bicyclic) bond motifs is 1. The van der Waals surface area contributed by atoms with Crippen LogP contribution in [0.25, 0.3) is 11.1 Å². The van der Waals surface area contributed by atoms with Crippen molar-refractivity contribution in [2.75, 3.05) is 5.73 Å². The fourth-order valence-electron chi connectivity index (χ4n) is 1.69. The standard InChI is InChI=1S/C10H14N2O/c1-10(2,3)12-7-4-5-13-8(7)6-9(12)11/h4-6H,11H2,1-3H3. The normalized spacial score (nSPS) is 12.5. The minimum atomic E-state index is -0.00426. The maximum Gasteiger partial charge on any atom is 0.153 e. The summed E-state index contributed by atoms with van der Waals surface area (Å²) in [7, 11) is 0. The van der Waals surface area contributed by atoms with Crippen molar-refractivity contribution >= 4 is 16.9 Å². The lowest BCUT2D eigenvalue weighted by Gasteiger charge is -2.23. The summed E-state index contributed by atoms with van der Waals surface area (Å²) in [5, 5.41) is 0. The fourth-order valence-corrected chi connectivity index (χ4v) is 1.69. The predicted molar refractivity (Wildman–Crippen MR) is 53.6 cm³/mol. The lowest BCUT2D eigenvalue weighted by molar-refractivity contribution is 0.416. The Balaban J connectivity index is 2.78. The Labute approximate surface area is 77.1 Å². The molecule has 0 fully saturated rings. The third-order valence-corrected chi connectivity index (χ3v) is 2.12. The van der Waals surface area contributed by atoms with E-state index in [4.69, 9.17) is 10.2 Å². The molecule has 0 aliphatic carbocycles. The number of anilines is 1. The van der Waals surface area contributed by atoms with E-state index in [1.165, 1.54) is 0 Å². The Hall–Kier alpha value is -1.38. The van der Waals surface area contributed by atoms with Crippen molar-refractivity contribution in [2.24, 2.45) is 0 Å². The smallest absolute Gasteiger partial charge is 0.153 e. The summed E-state index contributed by atoms with van der Waals surface area (Å²) in [5.41, 5.74) is 7.80. The Kier molecular flexibility index (Phi) is 1.46. The van der Waals surface area contributed by atoms with Gasteiger partial charge in [-0.15, -0.1) is 0 Å². The van der Waals surface area contributed by atoms with E-state index < -0.39 is 0 Å². The molecule has 2 aromatic rings. The number of nitrogens with zero attached hydrogens (tertiary/aromatic N) is 1. The highest BCUT2D eigenvalue weighted by molar-refractivity contribution is 5.79. The van der Waals surface area contributed by atoms with Crippen LogP contribution < -0.4 is 5.73 Å². The van der Waals surface area contributed by atoms with Crippen molar-refractivity contribution in [3.05, 3.63) is 18.4 Å². The second kappa shape index (κ2) is 2.31. The lowest BCUT2D eigenvalue weighted by Crippen LogP contribution is -2.22. The van der Waals surface area contributed by atoms with Crippen LogP contribution in [-0.2, 0) is 5.54 Å². The molecule has 2 rings (SSSR count). The van der Waals surface area contributed by atoms with Crippen LogP contribution in [0, 0.1) is 0 Å². The van der Waals surface area contributed by atoms with Crippen LogP contribution in [0.5, 0.6) is 0 Å². The van der Waals surface area contributed by atoms with Gasteiger partial charge in [0.25, 0.3) is 0 Å².